The second kappa shape index (κ2) is 8.73. The molecule has 3 aromatic carbocycles. The number of amidine groups is 1. The fourth-order valence-corrected chi connectivity index (χ4v) is 3.13. The first-order chi connectivity index (χ1) is 15.0. The van der Waals surface area contributed by atoms with Gasteiger partial charge in [0.05, 0.1) is 0 Å². The van der Waals surface area contributed by atoms with E-state index < -0.39 is 11.8 Å². The Morgan fingerprint density at radius 3 is 2.19 bits per heavy atom. The van der Waals surface area contributed by atoms with Gasteiger partial charge in [-0.25, -0.2) is 4.99 Å². The Kier molecular flexibility index (Phi) is 5.68. The third kappa shape index (κ3) is 4.57. The molecule has 1 heterocycles. The number of para-hydroxylation sites is 2. The van der Waals surface area contributed by atoms with Crippen molar-refractivity contribution in [1.29, 1.82) is 0 Å². The molecule has 1 unspecified atom stereocenters. The predicted molar refractivity (Wildman–Crippen MR) is 118 cm³/mol. The average molecular weight is 414 g/mol. The summed E-state index contributed by atoms with van der Waals surface area (Å²) in [5.74, 6) is -1.31. The largest absolute Gasteiger partial charge is 0.485 e. The van der Waals surface area contributed by atoms with Crippen molar-refractivity contribution >= 4 is 11.7 Å². The Balaban J connectivity index is 1.64. The van der Waals surface area contributed by atoms with Crippen molar-refractivity contribution < 1.29 is 14.3 Å². The van der Waals surface area contributed by atoms with Crippen molar-refractivity contribution in [2.24, 2.45) is 16.5 Å². The maximum Gasteiger partial charge on any atom is 0.291 e. The lowest BCUT2D eigenvalue weighted by molar-refractivity contribution is -0.116. The molecule has 1 atom stereocenters. The number of nitrogens with two attached hydrogens (primary N) is 2. The summed E-state index contributed by atoms with van der Waals surface area (Å²) in [4.78, 5) is 16.5. The van der Waals surface area contributed by atoms with Crippen LogP contribution in [0, 0.1) is 0 Å². The lowest BCUT2D eigenvalue weighted by Crippen LogP contribution is -2.54. The van der Waals surface area contributed by atoms with Gasteiger partial charge in [-0.3, -0.25) is 10.5 Å². The minimum Gasteiger partial charge on any atom is -0.485 e. The van der Waals surface area contributed by atoms with Crippen molar-refractivity contribution in [2.45, 2.75) is 12.5 Å². The molecule has 5 N–H and O–H groups in total. The van der Waals surface area contributed by atoms with E-state index in [9.17, 15) is 4.79 Å². The zero-order valence-corrected chi connectivity index (χ0v) is 16.7. The zero-order chi connectivity index (χ0) is 21.7. The molecule has 3 aromatic rings. The van der Waals surface area contributed by atoms with Gasteiger partial charge >= 0.3 is 0 Å². The Labute approximate surface area is 180 Å². The van der Waals surface area contributed by atoms with Crippen molar-refractivity contribution in [2.75, 3.05) is 0 Å². The molecule has 0 aromatic heterocycles. The van der Waals surface area contributed by atoms with E-state index in [1.165, 1.54) is 6.20 Å². The zero-order valence-electron chi connectivity index (χ0n) is 16.7. The van der Waals surface area contributed by atoms with Crippen LogP contribution in [0.1, 0.15) is 11.1 Å². The molecule has 31 heavy (non-hydrogen) atoms. The Hall–Kier alpha value is -4.10. The van der Waals surface area contributed by atoms with Gasteiger partial charge in [0.2, 0.25) is 0 Å². The van der Waals surface area contributed by atoms with E-state index in [1.807, 2.05) is 66.7 Å². The monoisotopic (exact) mass is 414 g/mol. The van der Waals surface area contributed by atoms with Gasteiger partial charge in [0, 0.05) is 11.8 Å². The number of benzene rings is 3. The first-order valence-corrected chi connectivity index (χ1v) is 9.71. The molecule has 7 nitrogen and oxygen atoms in total. The molecular formula is C24H22N4O3. The smallest absolute Gasteiger partial charge is 0.291 e. The highest BCUT2D eigenvalue weighted by molar-refractivity contribution is 6.03. The van der Waals surface area contributed by atoms with Crippen LogP contribution in [-0.4, -0.2) is 17.6 Å². The number of hydrogen-bond acceptors (Lipinski definition) is 6. The molecule has 7 heteroatoms. The van der Waals surface area contributed by atoms with Crippen LogP contribution in [0.3, 0.4) is 0 Å². The first kappa shape index (κ1) is 20.2. The second-order valence-corrected chi connectivity index (χ2v) is 6.91. The highest BCUT2D eigenvalue weighted by Gasteiger charge is 2.39. The normalized spacial score (nSPS) is 17.7. The van der Waals surface area contributed by atoms with E-state index in [0.717, 1.165) is 11.1 Å². The topological polar surface area (TPSA) is 112 Å². The standard InChI is InChI=1S/C24H22N4O3/c25-22(29)19-15-27-23(18-11-5-2-6-12-18)28-24(19,26)31-21-14-8-7-13-20(21)30-16-17-9-3-1-4-10-17/h1-15H,16,26H2,(H2,25,29)(H,27,28). The molecular weight excluding hydrogens is 392 g/mol. The summed E-state index contributed by atoms with van der Waals surface area (Å²) in [5.41, 5.74) is 13.8. The summed E-state index contributed by atoms with van der Waals surface area (Å²) in [7, 11) is 0. The van der Waals surface area contributed by atoms with Crippen molar-refractivity contribution in [1.82, 2.24) is 5.32 Å². The molecule has 1 aliphatic heterocycles. The maximum atomic E-state index is 12.1. The van der Waals surface area contributed by atoms with E-state index in [1.54, 1.807) is 18.2 Å². The summed E-state index contributed by atoms with van der Waals surface area (Å²) in [6.45, 7) is 0.345. The number of carbonyl (C=O) groups is 1. The van der Waals surface area contributed by atoms with Gasteiger partial charge in [-0.1, -0.05) is 72.8 Å². The van der Waals surface area contributed by atoms with Crippen LogP contribution < -0.4 is 26.3 Å². The van der Waals surface area contributed by atoms with Crippen molar-refractivity contribution in [3.63, 3.8) is 0 Å². The number of nitrogens with zero attached hydrogens (tertiary/aromatic N) is 1. The fraction of sp³-hybridized carbons (Fsp3) is 0.0833. The number of hydrogen-bond donors (Lipinski definition) is 3. The van der Waals surface area contributed by atoms with Crippen LogP contribution in [0.25, 0.3) is 0 Å². The SMILES string of the molecule is NC(=O)C1=CNC(c2ccccc2)=NC1(N)Oc1ccccc1OCc1ccccc1. The van der Waals surface area contributed by atoms with E-state index in [0.29, 0.717) is 23.9 Å². The lowest BCUT2D eigenvalue weighted by Gasteiger charge is -2.31. The van der Waals surface area contributed by atoms with Gasteiger partial charge in [-0.2, -0.15) is 0 Å². The molecule has 1 amide bonds. The number of amides is 1. The van der Waals surface area contributed by atoms with Gasteiger partial charge in [0.15, 0.2) is 11.5 Å². The number of carbonyl (C=O) groups excluding carboxylic acids is 1. The number of nitrogens with one attached hydrogen (secondary N) is 1. The highest BCUT2D eigenvalue weighted by Crippen LogP contribution is 2.33. The summed E-state index contributed by atoms with van der Waals surface area (Å²) in [6, 6.07) is 26.2. The summed E-state index contributed by atoms with van der Waals surface area (Å²) < 4.78 is 12.0. The molecule has 0 bridgehead atoms. The van der Waals surface area contributed by atoms with Gasteiger partial charge in [-0.15, -0.1) is 0 Å². The molecule has 0 fully saturated rings. The Morgan fingerprint density at radius 2 is 1.52 bits per heavy atom. The molecule has 0 spiro atoms. The highest BCUT2D eigenvalue weighted by atomic mass is 16.6. The Morgan fingerprint density at radius 1 is 0.903 bits per heavy atom. The number of rotatable bonds is 7. The minimum absolute atomic E-state index is 0.00922. The average Bonchev–Trinajstić information content (AvgIpc) is 2.79. The van der Waals surface area contributed by atoms with Crippen LogP contribution in [0.5, 0.6) is 11.5 Å². The quantitative estimate of drug-likeness (QED) is 0.515. The summed E-state index contributed by atoms with van der Waals surface area (Å²) in [5, 5.41) is 2.96. The molecule has 0 radical (unpaired) electrons. The molecule has 0 saturated heterocycles. The van der Waals surface area contributed by atoms with Crippen LogP contribution in [0.15, 0.2) is 102 Å². The van der Waals surface area contributed by atoms with Crippen molar-refractivity contribution in [3.05, 3.63) is 108 Å². The molecule has 156 valence electrons. The fourth-order valence-electron chi connectivity index (χ4n) is 3.13. The van der Waals surface area contributed by atoms with Gasteiger partial charge in [0.25, 0.3) is 11.8 Å². The van der Waals surface area contributed by atoms with Gasteiger partial charge in [0.1, 0.15) is 18.0 Å². The summed E-state index contributed by atoms with van der Waals surface area (Å²) in [6.07, 6.45) is 1.42. The number of primary amides is 1. The minimum atomic E-state index is -1.82. The van der Waals surface area contributed by atoms with Crippen LogP contribution in [0.4, 0.5) is 0 Å². The molecule has 0 saturated carbocycles. The van der Waals surface area contributed by atoms with Gasteiger partial charge in [-0.05, 0) is 17.7 Å². The number of ether oxygens (including phenoxy) is 2. The van der Waals surface area contributed by atoms with Crippen LogP contribution >= 0.6 is 0 Å². The third-order valence-corrected chi connectivity index (χ3v) is 4.68. The van der Waals surface area contributed by atoms with E-state index >= 15 is 0 Å². The lowest BCUT2D eigenvalue weighted by atomic mass is 10.1. The van der Waals surface area contributed by atoms with E-state index in [4.69, 9.17) is 20.9 Å². The molecule has 0 aliphatic carbocycles. The van der Waals surface area contributed by atoms with Crippen LogP contribution in [-0.2, 0) is 11.4 Å². The molecule has 4 rings (SSSR count). The summed E-state index contributed by atoms with van der Waals surface area (Å²) >= 11 is 0. The van der Waals surface area contributed by atoms with Gasteiger partial charge < -0.3 is 20.5 Å². The van der Waals surface area contributed by atoms with Crippen LogP contribution in [0.2, 0.25) is 0 Å². The molecule has 1 aliphatic rings. The maximum absolute atomic E-state index is 12.1. The van der Waals surface area contributed by atoms with Crippen molar-refractivity contribution in [3.8, 4) is 11.5 Å². The van der Waals surface area contributed by atoms with E-state index in [2.05, 4.69) is 10.3 Å². The number of aliphatic imine (C=N–C) groups is 1. The second-order valence-electron chi connectivity index (χ2n) is 6.91. The first-order valence-electron chi connectivity index (χ1n) is 9.71. The Bertz CT molecular complexity index is 1130. The van der Waals surface area contributed by atoms with E-state index in [-0.39, 0.29) is 5.57 Å². The predicted octanol–water partition coefficient (Wildman–Crippen LogP) is 2.68. The third-order valence-electron chi connectivity index (χ3n) is 4.68.